The highest BCUT2D eigenvalue weighted by Gasteiger charge is 2.26. The minimum absolute atomic E-state index is 0.00339. The number of Topliss-reactive ketones (excluding diaryl/α,β-unsaturated/α-hetero) is 1. The predicted octanol–water partition coefficient (Wildman–Crippen LogP) is 2.28. The third kappa shape index (κ3) is 2.73. The number of anilines is 1. The van der Waals surface area contributed by atoms with Gasteiger partial charge in [-0.2, -0.15) is 0 Å². The topological polar surface area (TPSA) is 102 Å². The molecule has 3 N–H and O–H groups in total. The highest BCUT2D eigenvalue weighted by atomic mass is 19.1. The van der Waals surface area contributed by atoms with E-state index in [1.54, 1.807) is 0 Å². The third-order valence-corrected chi connectivity index (χ3v) is 3.03. The maximum atomic E-state index is 13.6. The predicted molar refractivity (Wildman–Crippen MR) is 76.3 cm³/mol. The van der Waals surface area contributed by atoms with Crippen molar-refractivity contribution in [3.8, 4) is 0 Å². The number of carbonyl (C=O) groups excluding carboxylic acids is 3. The fraction of sp³-hybridized carbons (Fsp3) is 0.133. The Bertz CT molecular complexity index is 780. The Balaban J connectivity index is 2.44. The number of halogens is 1. The van der Waals surface area contributed by atoms with Crippen LogP contribution in [-0.2, 0) is 0 Å². The summed E-state index contributed by atoms with van der Waals surface area (Å²) < 4.78 is 18.8. The fourth-order valence-corrected chi connectivity index (χ4v) is 2.11. The van der Waals surface area contributed by atoms with Gasteiger partial charge in [0.25, 0.3) is 11.8 Å². The van der Waals surface area contributed by atoms with Gasteiger partial charge in [0.05, 0.1) is 11.1 Å². The molecule has 6 nitrogen and oxygen atoms in total. The van der Waals surface area contributed by atoms with Gasteiger partial charge in [-0.25, -0.2) is 4.39 Å². The molecule has 0 unspecified atom stereocenters. The summed E-state index contributed by atoms with van der Waals surface area (Å²) in [6.07, 6.45) is 0. The molecule has 2 amide bonds. The number of hydrogen-bond donors (Lipinski definition) is 2. The standard InChI is InChI=1S/C15H13FN2O4/c1-7(19)11-8(2)22-15(12(11)13(17)20)18-14(21)9-5-3-4-6-10(9)16/h3-6H,1-2H3,(H2,17,20)(H,18,21). The second-order valence-corrected chi connectivity index (χ2v) is 4.59. The van der Waals surface area contributed by atoms with Gasteiger partial charge in [-0.3, -0.25) is 19.7 Å². The van der Waals surface area contributed by atoms with Crippen LogP contribution in [-0.4, -0.2) is 17.6 Å². The van der Waals surface area contributed by atoms with Crippen LogP contribution in [0.25, 0.3) is 0 Å². The number of primary amides is 1. The monoisotopic (exact) mass is 304 g/mol. The van der Waals surface area contributed by atoms with E-state index in [0.717, 1.165) is 6.07 Å². The summed E-state index contributed by atoms with van der Waals surface area (Å²) >= 11 is 0. The number of hydrogen-bond acceptors (Lipinski definition) is 4. The molecule has 22 heavy (non-hydrogen) atoms. The van der Waals surface area contributed by atoms with Gasteiger partial charge in [0, 0.05) is 0 Å². The van der Waals surface area contributed by atoms with Crippen LogP contribution in [0.5, 0.6) is 0 Å². The number of ketones is 1. The van der Waals surface area contributed by atoms with Crippen molar-refractivity contribution in [1.82, 2.24) is 0 Å². The smallest absolute Gasteiger partial charge is 0.260 e. The minimum Gasteiger partial charge on any atom is -0.444 e. The van der Waals surface area contributed by atoms with Crippen LogP contribution in [0.4, 0.5) is 10.3 Å². The maximum absolute atomic E-state index is 13.6. The lowest BCUT2D eigenvalue weighted by atomic mass is 10.1. The number of aryl methyl sites for hydroxylation is 1. The lowest BCUT2D eigenvalue weighted by molar-refractivity contribution is 0.0974. The molecule has 114 valence electrons. The first-order chi connectivity index (χ1) is 10.3. The molecule has 0 saturated heterocycles. The van der Waals surface area contributed by atoms with Gasteiger partial charge in [-0.1, -0.05) is 12.1 Å². The zero-order chi connectivity index (χ0) is 16.4. The average molecular weight is 304 g/mol. The first kappa shape index (κ1) is 15.4. The number of nitrogens with one attached hydrogen (secondary N) is 1. The zero-order valence-electron chi connectivity index (χ0n) is 11.9. The van der Waals surface area contributed by atoms with Gasteiger partial charge in [-0.15, -0.1) is 0 Å². The molecule has 2 aromatic rings. The van der Waals surface area contributed by atoms with E-state index in [2.05, 4.69) is 5.32 Å². The Morgan fingerprint density at radius 3 is 2.36 bits per heavy atom. The Morgan fingerprint density at radius 2 is 1.82 bits per heavy atom. The number of rotatable bonds is 4. The van der Waals surface area contributed by atoms with E-state index in [0.29, 0.717) is 0 Å². The molecule has 0 atom stereocenters. The maximum Gasteiger partial charge on any atom is 0.260 e. The second kappa shape index (κ2) is 5.80. The van der Waals surface area contributed by atoms with Crippen molar-refractivity contribution in [3.63, 3.8) is 0 Å². The van der Waals surface area contributed by atoms with E-state index in [1.165, 1.54) is 32.0 Å². The first-order valence-corrected chi connectivity index (χ1v) is 6.33. The SMILES string of the molecule is CC(=O)c1c(C)oc(NC(=O)c2ccccc2F)c1C(N)=O. The first-order valence-electron chi connectivity index (χ1n) is 6.33. The molecule has 7 heteroatoms. The molecule has 0 radical (unpaired) electrons. The summed E-state index contributed by atoms with van der Waals surface area (Å²) in [5.41, 5.74) is 4.78. The molecule has 0 bridgehead atoms. The van der Waals surface area contributed by atoms with Crippen molar-refractivity contribution in [2.75, 3.05) is 5.32 Å². The van der Waals surface area contributed by atoms with E-state index in [9.17, 15) is 18.8 Å². The number of amides is 2. The van der Waals surface area contributed by atoms with Crippen LogP contribution < -0.4 is 11.1 Å². The van der Waals surface area contributed by atoms with Gasteiger partial charge >= 0.3 is 0 Å². The van der Waals surface area contributed by atoms with Crippen LogP contribution in [0.15, 0.2) is 28.7 Å². The van der Waals surface area contributed by atoms with Gasteiger partial charge in [0.1, 0.15) is 17.1 Å². The molecule has 0 aliphatic heterocycles. The Labute approximate surface area is 125 Å². The van der Waals surface area contributed by atoms with Crippen molar-refractivity contribution in [2.45, 2.75) is 13.8 Å². The van der Waals surface area contributed by atoms with Crippen molar-refractivity contribution in [1.29, 1.82) is 0 Å². The number of benzene rings is 1. The summed E-state index contributed by atoms with van der Waals surface area (Å²) in [6, 6.07) is 5.32. The van der Waals surface area contributed by atoms with Crippen LogP contribution >= 0.6 is 0 Å². The van der Waals surface area contributed by atoms with Crippen LogP contribution in [0.3, 0.4) is 0 Å². The summed E-state index contributed by atoms with van der Waals surface area (Å²) in [5, 5.41) is 2.27. The summed E-state index contributed by atoms with van der Waals surface area (Å²) in [6.45, 7) is 2.70. The Hall–Kier alpha value is -2.96. The molecule has 2 rings (SSSR count). The lowest BCUT2D eigenvalue weighted by Crippen LogP contribution is -2.19. The van der Waals surface area contributed by atoms with Gasteiger partial charge in [-0.05, 0) is 26.0 Å². The zero-order valence-corrected chi connectivity index (χ0v) is 11.9. The molecule has 0 aliphatic rings. The highest BCUT2D eigenvalue weighted by molar-refractivity contribution is 6.13. The average Bonchev–Trinajstić information content (AvgIpc) is 2.75. The molecule has 1 heterocycles. The van der Waals surface area contributed by atoms with Crippen LogP contribution in [0.2, 0.25) is 0 Å². The molecule has 0 fully saturated rings. The van der Waals surface area contributed by atoms with E-state index < -0.39 is 23.4 Å². The molecule has 0 spiro atoms. The quantitative estimate of drug-likeness (QED) is 0.846. The van der Waals surface area contributed by atoms with Gasteiger partial charge in [0.2, 0.25) is 5.88 Å². The van der Waals surface area contributed by atoms with E-state index >= 15 is 0 Å². The molecule has 1 aromatic heterocycles. The van der Waals surface area contributed by atoms with Crippen molar-refractivity contribution < 1.29 is 23.2 Å². The number of nitrogens with two attached hydrogens (primary N) is 1. The Morgan fingerprint density at radius 1 is 1.18 bits per heavy atom. The normalized spacial score (nSPS) is 10.3. The number of furan rings is 1. The largest absolute Gasteiger partial charge is 0.444 e. The highest BCUT2D eigenvalue weighted by Crippen LogP contribution is 2.27. The second-order valence-electron chi connectivity index (χ2n) is 4.59. The molecule has 1 aromatic carbocycles. The lowest BCUT2D eigenvalue weighted by Gasteiger charge is -2.05. The third-order valence-electron chi connectivity index (χ3n) is 3.03. The van der Waals surface area contributed by atoms with E-state index in [1.807, 2.05) is 0 Å². The van der Waals surface area contributed by atoms with Crippen LogP contribution in [0, 0.1) is 12.7 Å². The Kier molecular flexibility index (Phi) is 4.07. The summed E-state index contributed by atoms with van der Waals surface area (Å²) in [4.78, 5) is 35.2. The summed E-state index contributed by atoms with van der Waals surface area (Å²) in [5.74, 6) is -3.03. The molecule has 0 aliphatic carbocycles. The van der Waals surface area contributed by atoms with Crippen LogP contribution in [0.1, 0.15) is 43.8 Å². The van der Waals surface area contributed by atoms with Crippen molar-refractivity contribution >= 4 is 23.5 Å². The van der Waals surface area contributed by atoms with E-state index in [4.69, 9.17) is 10.2 Å². The number of carbonyl (C=O) groups is 3. The summed E-state index contributed by atoms with van der Waals surface area (Å²) in [7, 11) is 0. The minimum atomic E-state index is -0.925. The molecular weight excluding hydrogens is 291 g/mol. The van der Waals surface area contributed by atoms with Gasteiger partial charge < -0.3 is 10.2 Å². The van der Waals surface area contributed by atoms with Gasteiger partial charge in [0.15, 0.2) is 5.78 Å². The molecule has 0 saturated carbocycles. The molecular formula is C15H13FN2O4. The van der Waals surface area contributed by atoms with Crippen molar-refractivity contribution in [2.24, 2.45) is 5.73 Å². The van der Waals surface area contributed by atoms with Crippen molar-refractivity contribution in [3.05, 3.63) is 52.5 Å². The van der Waals surface area contributed by atoms with E-state index in [-0.39, 0.29) is 28.3 Å². The fourth-order valence-electron chi connectivity index (χ4n) is 2.11.